The fraction of sp³-hybridized carbons (Fsp3) is 0.438. The van der Waals surface area contributed by atoms with Crippen LogP contribution in [0.2, 0.25) is 0 Å². The maximum atomic E-state index is 14.0. The molecule has 3 aromatic rings. The van der Waals surface area contributed by atoms with E-state index in [-0.39, 0.29) is 6.09 Å². The highest BCUT2D eigenvalue weighted by Crippen LogP contribution is 2.32. The van der Waals surface area contributed by atoms with Gasteiger partial charge in [-0.3, -0.25) is 10.2 Å². The number of carbonyl (C=O) groups is 2. The number of carbonyl (C=O) groups excluding carboxylic acids is 2. The van der Waals surface area contributed by atoms with Gasteiger partial charge in [-0.25, -0.2) is 19.3 Å². The number of ether oxygens (including phenoxy) is 2. The average molecular weight is 622 g/mol. The van der Waals surface area contributed by atoms with Crippen molar-refractivity contribution < 1.29 is 28.3 Å². The Morgan fingerprint density at radius 2 is 1.96 bits per heavy atom. The SMILES string of the molecule is COCCN1C[C@@H](NC(=O)Nc2c(C)c(C3=CCN(C(=O)OC(C)(C)C)CC3)nn2-c2ccccc2)[C@H](c2ccnc(F)c2)O1. The maximum Gasteiger partial charge on any atom is 0.410 e. The van der Waals surface area contributed by atoms with Gasteiger partial charge in [0.25, 0.3) is 0 Å². The van der Waals surface area contributed by atoms with Crippen molar-refractivity contribution in [2.45, 2.75) is 51.9 Å². The molecule has 0 saturated carbocycles. The van der Waals surface area contributed by atoms with Gasteiger partial charge in [-0.2, -0.15) is 14.6 Å². The van der Waals surface area contributed by atoms with E-state index >= 15 is 0 Å². The van der Waals surface area contributed by atoms with Gasteiger partial charge in [0, 0.05) is 45.0 Å². The minimum Gasteiger partial charge on any atom is -0.444 e. The van der Waals surface area contributed by atoms with Gasteiger partial charge >= 0.3 is 12.1 Å². The second-order valence-electron chi connectivity index (χ2n) is 12.0. The quantitative estimate of drug-likeness (QED) is 0.342. The lowest BCUT2D eigenvalue weighted by molar-refractivity contribution is -0.154. The molecule has 2 aliphatic rings. The Labute approximate surface area is 262 Å². The van der Waals surface area contributed by atoms with E-state index in [1.54, 1.807) is 27.8 Å². The summed E-state index contributed by atoms with van der Waals surface area (Å²) in [7, 11) is 1.60. The number of para-hydroxylation sites is 1. The number of methoxy groups -OCH3 is 1. The number of halogens is 1. The largest absolute Gasteiger partial charge is 0.444 e. The van der Waals surface area contributed by atoms with Gasteiger partial charge in [-0.1, -0.05) is 24.3 Å². The van der Waals surface area contributed by atoms with Gasteiger partial charge in [0.15, 0.2) is 0 Å². The standard InChI is InChI=1S/C32H40FN7O5/c1-21-27(22-12-15-38(16-13-22)31(42)44-32(2,3)4)37-40(24-9-7-6-8-10-24)29(21)36-30(41)35-25-20-39(17-18-43-5)45-28(25)23-11-14-34-26(33)19-23/h6-12,14,19,25,28H,13,15-18,20H2,1-5H3,(H2,35,36,41)/t25-,28+/m1/s1. The highest BCUT2D eigenvalue weighted by molar-refractivity contribution is 5.91. The average Bonchev–Trinajstić information content (AvgIpc) is 3.56. The molecule has 2 atom stereocenters. The van der Waals surface area contributed by atoms with Crippen LogP contribution < -0.4 is 10.6 Å². The summed E-state index contributed by atoms with van der Waals surface area (Å²) >= 11 is 0. The Balaban J connectivity index is 1.37. The summed E-state index contributed by atoms with van der Waals surface area (Å²) in [5, 5.41) is 12.6. The molecule has 240 valence electrons. The van der Waals surface area contributed by atoms with Gasteiger partial charge < -0.3 is 19.7 Å². The number of anilines is 1. The molecule has 2 N–H and O–H groups in total. The summed E-state index contributed by atoms with van der Waals surface area (Å²) in [6.45, 7) is 9.60. The van der Waals surface area contributed by atoms with Crippen molar-refractivity contribution in [2.75, 3.05) is 45.2 Å². The number of rotatable bonds is 8. The van der Waals surface area contributed by atoms with Crippen LogP contribution in [0.3, 0.4) is 0 Å². The lowest BCUT2D eigenvalue weighted by atomic mass is 10.0. The van der Waals surface area contributed by atoms with E-state index in [1.807, 2.05) is 64.1 Å². The van der Waals surface area contributed by atoms with Crippen molar-refractivity contribution in [1.82, 2.24) is 30.0 Å². The number of hydroxylamine groups is 2. The van der Waals surface area contributed by atoms with E-state index in [0.717, 1.165) is 22.5 Å². The Morgan fingerprint density at radius 3 is 2.62 bits per heavy atom. The highest BCUT2D eigenvalue weighted by atomic mass is 19.1. The highest BCUT2D eigenvalue weighted by Gasteiger charge is 2.37. The van der Waals surface area contributed by atoms with Crippen LogP contribution in [-0.4, -0.2) is 88.4 Å². The molecule has 0 radical (unpaired) electrons. The molecule has 2 aliphatic heterocycles. The summed E-state index contributed by atoms with van der Waals surface area (Å²) in [5.74, 6) is -0.123. The maximum absolute atomic E-state index is 14.0. The lowest BCUT2D eigenvalue weighted by Gasteiger charge is -2.29. The smallest absolute Gasteiger partial charge is 0.410 e. The first-order valence-electron chi connectivity index (χ1n) is 14.9. The van der Waals surface area contributed by atoms with E-state index in [4.69, 9.17) is 19.4 Å². The van der Waals surface area contributed by atoms with Crippen molar-refractivity contribution in [1.29, 1.82) is 0 Å². The van der Waals surface area contributed by atoms with Crippen LogP contribution in [0.5, 0.6) is 0 Å². The van der Waals surface area contributed by atoms with Crippen LogP contribution in [-0.2, 0) is 14.3 Å². The number of nitrogens with zero attached hydrogens (tertiary/aromatic N) is 5. The van der Waals surface area contributed by atoms with E-state index in [2.05, 4.69) is 15.6 Å². The van der Waals surface area contributed by atoms with Gasteiger partial charge in [0.1, 0.15) is 17.5 Å². The van der Waals surface area contributed by atoms with E-state index < -0.39 is 29.7 Å². The number of aromatic nitrogens is 3. The van der Waals surface area contributed by atoms with Crippen molar-refractivity contribution >= 4 is 23.5 Å². The Morgan fingerprint density at radius 1 is 1.18 bits per heavy atom. The van der Waals surface area contributed by atoms with Crippen LogP contribution in [0.1, 0.15) is 50.1 Å². The molecule has 0 bridgehead atoms. The molecular weight excluding hydrogens is 581 g/mol. The topological polar surface area (TPSA) is 123 Å². The van der Waals surface area contributed by atoms with Crippen LogP contribution in [0.25, 0.3) is 11.3 Å². The van der Waals surface area contributed by atoms with Gasteiger partial charge in [-0.05, 0) is 69.5 Å². The van der Waals surface area contributed by atoms with E-state index in [1.165, 1.54) is 12.3 Å². The van der Waals surface area contributed by atoms with Gasteiger partial charge in [0.05, 0.1) is 24.0 Å². The van der Waals surface area contributed by atoms with Gasteiger partial charge in [-0.15, -0.1) is 0 Å². The van der Waals surface area contributed by atoms with Crippen molar-refractivity contribution in [3.8, 4) is 5.69 Å². The summed E-state index contributed by atoms with van der Waals surface area (Å²) in [4.78, 5) is 37.5. The molecule has 4 heterocycles. The number of nitrogens with one attached hydrogen (secondary N) is 2. The minimum atomic E-state index is -0.629. The molecule has 1 saturated heterocycles. The number of pyridine rings is 1. The monoisotopic (exact) mass is 621 g/mol. The molecule has 45 heavy (non-hydrogen) atoms. The zero-order chi connectivity index (χ0) is 32.1. The Hall–Kier alpha value is -4.33. The zero-order valence-corrected chi connectivity index (χ0v) is 26.2. The molecule has 3 amide bonds. The third kappa shape index (κ3) is 7.85. The molecule has 0 spiro atoms. The second-order valence-corrected chi connectivity index (χ2v) is 12.0. The number of hydrogen-bond donors (Lipinski definition) is 2. The normalized spacial score (nSPS) is 18.9. The molecule has 5 rings (SSSR count). The fourth-order valence-electron chi connectivity index (χ4n) is 5.33. The zero-order valence-electron chi connectivity index (χ0n) is 26.2. The van der Waals surface area contributed by atoms with Crippen molar-refractivity contribution in [2.24, 2.45) is 0 Å². The third-order valence-corrected chi connectivity index (χ3v) is 7.49. The molecule has 2 aromatic heterocycles. The number of benzene rings is 1. The first-order valence-corrected chi connectivity index (χ1v) is 14.9. The predicted octanol–water partition coefficient (Wildman–Crippen LogP) is 4.86. The Kier molecular flexibility index (Phi) is 9.80. The second kappa shape index (κ2) is 13.8. The molecule has 12 nitrogen and oxygen atoms in total. The minimum absolute atomic E-state index is 0.354. The fourth-order valence-corrected chi connectivity index (χ4v) is 5.33. The van der Waals surface area contributed by atoms with E-state index in [0.29, 0.717) is 50.6 Å². The van der Waals surface area contributed by atoms with Crippen LogP contribution in [0.4, 0.5) is 19.8 Å². The van der Waals surface area contributed by atoms with Crippen LogP contribution in [0.15, 0.2) is 54.7 Å². The first kappa shape index (κ1) is 32.1. The van der Waals surface area contributed by atoms with Crippen LogP contribution >= 0.6 is 0 Å². The number of urea groups is 1. The summed E-state index contributed by atoms with van der Waals surface area (Å²) in [6.07, 6.45) is 2.95. The van der Waals surface area contributed by atoms with Crippen molar-refractivity contribution in [3.63, 3.8) is 0 Å². The molecule has 0 aliphatic carbocycles. The number of hydrogen-bond acceptors (Lipinski definition) is 8. The summed E-state index contributed by atoms with van der Waals surface area (Å²) in [6, 6.07) is 11.6. The van der Waals surface area contributed by atoms with Crippen LogP contribution in [0, 0.1) is 12.9 Å². The first-order chi connectivity index (χ1) is 21.5. The summed E-state index contributed by atoms with van der Waals surface area (Å²) in [5.41, 5.74) is 3.25. The lowest BCUT2D eigenvalue weighted by Crippen LogP contribution is -2.42. The third-order valence-electron chi connectivity index (χ3n) is 7.49. The van der Waals surface area contributed by atoms with E-state index in [9.17, 15) is 14.0 Å². The molecule has 13 heteroatoms. The summed E-state index contributed by atoms with van der Waals surface area (Å²) < 4.78 is 26.4. The molecule has 1 fully saturated rings. The van der Waals surface area contributed by atoms with Gasteiger partial charge in [0.2, 0.25) is 5.95 Å². The molecule has 0 unspecified atom stereocenters. The Bertz CT molecular complexity index is 1540. The predicted molar refractivity (Wildman–Crippen MR) is 166 cm³/mol. The molecular formula is C32H40FN7O5. The number of amides is 3. The molecule has 1 aromatic carbocycles. The van der Waals surface area contributed by atoms with Crippen molar-refractivity contribution in [3.05, 3.63) is 77.5 Å².